The molecular weight excluding hydrogens is 428 g/mol. The highest BCUT2D eigenvalue weighted by Crippen LogP contribution is 2.35. The van der Waals surface area contributed by atoms with E-state index in [1.807, 2.05) is 53.4 Å². The molecule has 0 radical (unpaired) electrons. The first-order valence-corrected chi connectivity index (χ1v) is 10.6. The molecule has 6 nitrogen and oxygen atoms in total. The van der Waals surface area contributed by atoms with Crippen LogP contribution >= 0.6 is 34.7 Å². The van der Waals surface area contributed by atoms with E-state index in [0.29, 0.717) is 22.0 Å². The molecule has 4 rings (SSSR count). The molecule has 4 aromatic rings. The van der Waals surface area contributed by atoms with Gasteiger partial charge >= 0.3 is 0 Å². The Hall–Kier alpha value is -2.81. The highest BCUT2D eigenvalue weighted by atomic mass is 35.5. The Morgan fingerprint density at radius 3 is 2.72 bits per heavy atom. The van der Waals surface area contributed by atoms with Gasteiger partial charge in [0, 0.05) is 23.4 Å². The molecule has 0 aliphatic carbocycles. The molecule has 29 heavy (non-hydrogen) atoms. The zero-order valence-corrected chi connectivity index (χ0v) is 17.6. The van der Waals surface area contributed by atoms with E-state index in [1.54, 1.807) is 17.6 Å². The average molecular weight is 443 g/mol. The van der Waals surface area contributed by atoms with Crippen LogP contribution in [-0.4, -0.2) is 27.8 Å². The van der Waals surface area contributed by atoms with E-state index < -0.39 is 0 Å². The maximum Gasteiger partial charge on any atom is 0.259 e. The van der Waals surface area contributed by atoms with Crippen molar-refractivity contribution in [3.63, 3.8) is 0 Å². The second kappa shape index (κ2) is 8.69. The number of carbonyl (C=O) groups is 1. The van der Waals surface area contributed by atoms with Crippen LogP contribution in [0.15, 0.2) is 75.7 Å². The Labute approximate surface area is 180 Å². The Morgan fingerprint density at radius 2 is 2.00 bits per heavy atom. The fourth-order valence-corrected chi connectivity index (χ4v) is 4.51. The van der Waals surface area contributed by atoms with Crippen molar-refractivity contribution in [2.45, 2.75) is 9.24 Å². The molecule has 1 N–H and O–H groups in total. The molecule has 0 atom stereocenters. The van der Waals surface area contributed by atoms with E-state index in [0.717, 1.165) is 14.9 Å². The molecule has 9 heteroatoms. The first kappa shape index (κ1) is 19.5. The summed E-state index contributed by atoms with van der Waals surface area (Å²) in [6, 6.07) is 14.7. The summed E-state index contributed by atoms with van der Waals surface area (Å²) < 4.78 is 8.12. The topological polar surface area (TPSA) is 69.0 Å². The lowest BCUT2D eigenvalue weighted by Crippen LogP contribution is -2.14. The summed E-state index contributed by atoms with van der Waals surface area (Å²) in [5.74, 6) is 0.123. The fourth-order valence-electron chi connectivity index (χ4n) is 2.73. The number of nitrogens with one attached hydrogen (secondary N) is 1. The van der Waals surface area contributed by atoms with Crippen LogP contribution in [0.2, 0.25) is 5.02 Å². The predicted molar refractivity (Wildman–Crippen MR) is 116 cm³/mol. The quantitative estimate of drug-likeness (QED) is 0.433. The van der Waals surface area contributed by atoms with Gasteiger partial charge in [0.25, 0.3) is 5.91 Å². The number of rotatable bonds is 6. The predicted octanol–water partition coefficient (Wildman–Crippen LogP) is 5.39. The van der Waals surface area contributed by atoms with Crippen molar-refractivity contribution in [2.75, 3.05) is 12.4 Å². The molecule has 146 valence electrons. The number of para-hydroxylation sites is 1. The molecule has 0 saturated carbocycles. The van der Waals surface area contributed by atoms with Crippen LogP contribution in [0.4, 0.5) is 5.69 Å². The number of carbonyl (C=O) groups excluding carboxylic acids is 1. The molecular formula is C20H15ClN4O2S2. The Morgan fingerprint density at radius 1 is 1.21 bits per heavy atom. The van der Waals surface area contributed by atoms with Gasteiger partial charge in [-0.15, -0.1) is 10.2 Å². The van der Waals surface area contributed by atoms with Gasteiger partial charge in [-0.3, -0.25) is 4.79 Å². The van der Waals surface area contributed by atoms with Crippen LogP contribution in [0.1, 0.15) is 10.4 Å². The van der Waals surface area contributed by atoms with Gasteiger partial charge in [0.15, 0.2) is 4.34 Å². The summed E-state index contributed by atoms with van der Waals surface area (Å²) in [7, 11) is 1.53. The molecule has 0 aliphatic heterocycles. The summed E-state index contributed by atoms with van der Waals surface area (Å²) >= 11 is 9.33. The van der Waals surface area contributed by atoms with Crippen LogP contribution in [-0.2, 0) is 0 Å². The molecule has 0 spiro atoms. The van der Waals surface area contributed by atoms with Gasteiger partial charge < -0.3 is 14.6 Å². The summed E-state index contributed by atoms with van der Waals surface area (Å²) in [6.07, 6.45) is 3.75. The standard InChI is InChI=1S/C20H15ClN4O2S2/c1-27-17-11-16(25-8-4-5-9-25)14(21)10-13(17)19(26)23-15-6-2-3-7-18(15)29-20-24-22-12-28-20/h2-12H,1H3,(H,23,26). The van der Waals surface area contributed by atoms with Gasteiger partial charge in [-0.2, -0.15) is 0 Å². The summed E-state index contributed by atoms with van der Waals surface area (Å²) in [4.78, 5) is 13.9. The van der Waals surface area contributed by atoms with Gasteiger partial charge in [-0.25, -0.2) is 0 Å². The van der Waals surface area contributed by atoms with Gasteiger partial charge in [0.2, 0.25) is 0 Å². The first-order valence-electron chi connectivity index (χ1n) is 8.51. The zero-order valence-electron chi connectivity index (χ0n) is 15.2. The number of anilines is 1. The SMILES string of the molecule is COc1cc(-n2cccc2)c(Cl)cc1C(=O)Nc1ccccc1Sc1nncs1. The third-order valence-electron chi connectivity index (χ3n) is 4.07. The van der Waals surface area contributed by atoms with Crippen molar-refractivity contribution in [3.8, 4) is 11.4 Å². The largest absolute Gasteiger partial charge is 0.496 e. The lowest BCUT2D eigenvalue weighted by atomic mass is 10.1. The van der Waals surface area contributed by atoms with E-state index in [2.05, 4.69) is 15.5 Å². The van der Waals surface area contributed by atoms with Crippen LogP contribution in [0.3, 0.4) is 0 Å². The number of ether oxygens (including phenoxy) is 1. The van der Waals surface area contributed by atoms with E-state index >= 15 is 0 Å². The van der Waals surface area contributed by atoms with Crippen molar-refractivity contribution < 1.29 is 9.53 Å². The van der Waals surface area contributed by atoms with Crippen molar-refractivity contribution in [2.24, 2.45) is 0 Å². The van der Waals surface area contributed by atoms with Crippen molar-refractivity contribution in [1.29, 1.82) is 0 Å². The molecule has 1 amide bonds. The normalized spacial score (nSPS) is 10.7. The average Bonchev–Trinajstić information content (AvgIpc) is 3.43. The first-order chi connectivity index (χ1) is 14.2. The van der Waals surface area contributed by atoms with Gasteiger partial charge in [0.1, 0.15) is 11.3 Å². The van der Waals surface area contributed by atoms with Crippen molar-refractivity contribution >= 4 is 46.3 Å². The van der Waals surface area contributed by atoms with E-state index in [-0.39, 0.29) is 5.91 Å². The van der Waals surface area contributed by atoms with Gasteiger partial charge in [0.05, 0.1) is 29.1 Å². The molecule has 0 bridgehead atoms. The molecule has 2 heterocycles. The maximum atomic E-state index is 13.0. The zero-order chi connectivity index (χ0) is 20.2. The number of hydrogen-bond acceptors (Lipinski definition) is 6. The smallest absolute Gasteiger partial charge is 0.259 e. The summed E-state index contributed by atoms with van der Waals surface area (Å²) in [5, 5.41) is 11.3. The number of benzene rings is 2. The van der Waals surface area contributed by atoms with E-state index in [1.165, 1.54) is 30.2 Å². The Balaban J connectivity index is 1.63. The third kappa shape index (κ3) is 4.29. The van der Waals surface area contributed by atoms with E-state index in [4.69, 9.17) is 16.3 Å². The number of hydrogen-bond donors (Lipinski definition) is 1. The lowest BCUT2D eigenvalue weighted by Gasteiger charge is -2.14. The van der Waals surface area contributed by atoms with Crippen LogP contribution in [0.25, 0.3) is 5.69 Å². The summed E-state index contributed by atoms with van der Waals surface area (Å²) in [5.41, 5.74) is 3.43. The minimum absolute atomic E-state index is 0.312. The van der Waals surface area contributed by atoms with Crippen LogP contribution < -0.4 is 10.1 Å². The highest BCUT2D eigenvalue weighted by Gasteiger charge is 2.18. The number of aromatic nitrogens is 3. The maximum absolute atomic E-state index is 13.0. The number of nitrogens with zero attached hydrogens (tertiary/aromatic N) is 3. The van der Waals surface area contributed by atoms with Crippen LogP contribution in [0, 0.1) is 0 Å². The third-order valence-corrected chi connectivity index (χ3v) is 6.23. The molecule has 0 unspecified atom stereocenters. The van der Waals surface area contributed by atoms with Crippen molar-refractivity contribution in [3.05, 3.63) is 77.0 Å². The molecule has 0 saturated heterocycles. The van der Waals surface area contributed by atoms with Gasteiger partial charge in [-0.05, 0) is 30.3 Å². The Kier molecular flexibility index (Phi) is 5.84. The minimum atomic E-state index is -0.312. The van der Waals surface area contributed by atoms with E-state index in [9.17, 15) is 4.79 Å². The van der Waals surface area contributed by atoms with Crippen molar-refractivity contribution in [1.82, 2.24) is 14.8 Å². The number of halogens is 1. The van der Waals surface area contributed by atoms with Crippen LogP contribution in [0.5, 0.6) is 5.75 Å². The lowest BCUT2D eigenvalue weighted by molar-refractivity contribution is 0.102. The number of amides is 1. The molecule has 0 fully saturated rings. The number of methoxy groups -OCH3 is 1. The summed E-state index contributed by atoms with van der Waals surface area (Å²) in [6.45, 7) is 0. The second-order valence-electron chi connectivity index (χ2n) is 5.85. The highest BCUT2D eigenvalue weighted by molar-refractivity contribution is 8.01. The molecule has 2 aromatic carbocycles. The minimum Gasteiger partial charge on any atom is -0.496 e. The fraction of sp³-hybridized carbons (Fsp3) is 0.0500. The Bertz CT molecular complexity index is 1130. The molecule has 0 aliphatic rings. The second-order valence-corrected chi connectivity index (χ2v) is 8.38. The van der Waals surface area contributed by atoms with Gasteiger partial charge in [-0.1, -0.05) is 46.8 Å². The monoisotopic (exact) mass is 442 g/mol. The molecule has 2 aromatic heterocycles.